The number of para-hydroxylation sites is 2. The summed E-state index contributed by atoms with van der Waals surface area (Å²) in [5, 5.41) is 5.94. The molecule has 4 rings (SSSR count). The summed E-state index contributed by atoms with van der Waals surface area (Å²) in [4.78, 5) is 49.6. The van der Waals surface area contributed by atoms with Crippen LogP contribution in [0.3, 0.4) is 0 Å². The molecule has 3 aromatic carbocycles. The fourth-order valence-corrected chi connectivity index (χ4v) is 3.50. The lowest BCUT2D eigenvalue weighted by molar-refractivity contribution is -0.131. The van der Waals surface area contributed by atoms with Crippen LogP contribution in [0.25, 0.3) is 11.0 Å². The van der Waals surface area contributed by atoms with Gasteiger partial charge in [0.1, 0.15) is 17.0 Å². The normalized spacial score (nSPS) is 10.5. The number of ether oxygens (including phenoxy) is 2. The van der Waals surface area contributed by atoms with E-state index in [1.807, 2.05) is 0 Å². The van der Waals surface area contributed by atoms with Crippen LogP contribution in [0.15, 0.2) is 77.2 Å². The SMILES string of the molecule is CCOC(=O)c1ccc(NC(=O)c2oc3ccccc3c2NC(=O)c2ccccc2OC(C)=O)cc1. The van der Waals surface area contributed by atoms with Gasteiger partial charge in [0.25, 0.3) is 11.8 Å². The van der Waals surface area contributed by atoms with Gasteiger partial charge in [0.05, 0.1) is 17.7 Å². The van der Waals surface area contributed by atoms with E-state index in [1.165, 1.54) is 31.2 Å². The number of carbonyl (C=O) groups excluding carboxylic acids is 4. The van der Waals surface area contributed by atoms with Gasteiger partial charge in [-0.2, -0.15) is 0 Å². The first-order chi connectivity index (χ1) is 17.4. The molecule has 1 heterocycles. The second-order valence-electron chi connectivity index (χ2n) is 7.60. The summed E-state index contributed by atoms with van der Waals surface area (Å²) in [5.41, 5.74) is 1.42. The van der Waals surface area contributed by atoms with Gasteiger partial charge < -0.3 is 24.5 Å². The quantitative estimate of drug-likeness (QED) is 0.277. The molecular weight excluding hydrogens is 464 g/mol. The summed E-state index contributed by atoms with van der Waals surface area (Å²) >= 11 is 0. The summed E-state index contributed by atoms with van der Waals surface area (Å²) in [6.07, 6.45) is 0. The van der Waals surface area contributed by atoms with Crippen LogP contribution in [0.2, 0.25) is 0 Å². The zero-order chi connectivity index (χ0) is 25.7. The molecule has 0 unspecified atom stereocenters. The number of hydrogen-bond donors (Lipinski definition) is 2. The Hall–Kier alpha value is -4.92. The van der Waals surface area contributed by atoms with Gasteiger partial charge >= 0.3 is 11.9 Å². The number of carbonyl (C=O) groups is 4. The van der Waals surface area contributed by atoms with E-state index in [-0.39, 0.29) is 29.4 Å². The van der Waals surface area contributed by atoms with Crippen LogP contribution in [-0.2, 0) is 9.53 Å². The van der Waals surface area contributed by atoms with E-state index in [2.05, 4.69) is 10.6 Å². The van der Waals surface area contributed by atoms with Crippen molar-refractivity contribution in [3.8, 4) is 5.75 Å². The molecule has 0 aliphatic carbocycles. The number of anilines is 2. The maximum absolute atomic E-state index is 13.1. The third-order valence-corrected chi connectivity index (χ3v) is 5.08. The molecular formula is C27H22N2O7. The van der Waals surface area contributed by atoms with Gasteiger partial charge in [0.15, 0.2) is 0 Å². The van der Waals surface area contributed by atoms with Crippen molar-refractivity contribution in [3.63, 3.8) is 0 Å². The van der Waals surface area contributed by atoms with Crippen LogP contribution < -0.4 is 15.4 Å². The van der Waals surface area contributed by atoms with Crippen molar-refractivity contribution in [2.75, 3.05) is 17.2 Å². The van der Waals surface area contributed by atoms with E-state index < -0.39 is 23.8 Å². The molecule has 4 aromatic rings. The molecule has 0 radical (unpaired) electrons. The van der Waals surface area contributed by atoms with E-state index in [9.17, 15) is 19.2 Å². The maximum Gasteiger partial charge on any atom is 0.338 e. The molecule has 0 spiro atoms. The summed E-state index contributed by atoms with van der Waals surface area (Å²) in [5.74, 6) is -2.28. The number of benzene rings is 3. The molecule has 2 N–H and O–H groups in total. The minimum Gasteiger partial charge on any atom is -0.462 e. The van der Waals surface area contributed by atoms with Gasteiger partial charge in [0.2, 0.25) is 5.76 Å². The van der Waals surface area contributed by atoms with Crippen molar-refractivity contribution in [1.29, 1.82) is 0 Å². The van der Waals surface area contributed by atoms with Gasteiger partial charge in [0, 0.05) is 18.0 Å². The zero-order valence-electron chi connectivity index (χ0n) is 19.5. The van der Waals surface area contributed by atoms with Crippen molar-refractivity contribution in [2.24, 2.45) is 0 Å². The Morgan fingerprint density at radius 2 is 1.53 bits per heavy atom. The highest BCUT2D eigenvalue weighted by molar-refractivity contribution is 6.17. The molecule has 0 atom stereocenters. The standard InChI is InChI=1S/C27H22N2O7/c1-3-34-27(33)17-12-14-18(15-13-17)28-26(32)24-23(19-8-4-6-10-21(19)36-24)29-25(31)20-9-5-7-11-22(20)35-16(2)30/h4-15H,3H2,1-2H3,(H,28,32)(H,29,31). The largest absolute Gasteiger partial charge is 0.462 e. The predicted octanol–water partition coefficient (Wildman–Crippen LogP) is 5.04. The first-order valence-corrected chi connectivity index (χ1v) is 11.1. The van der Waals surface area contributed by atoms with E-state index in [1.54, 1.807) is 55.5 Å². The Balaban J connectivity index is 1.63. The van der Waals surface area contributed by atoms with E-state index in [4.69, 9.17) is 13.9 Å². The molecule has 0 saturated carbocycles. The molecule has 9 heteroatoms. The van der Waals surface area contributed by atoms with Crippen LogP contribution >= 0.6 is 0 Å². The van der Waals surface area contributed by atoms with Gasteiger partial charge in [-0.1, -0.05) is 24.3 Å². The number of esters is 2. The predicted molar refractivity (Wildman–Crippen MR) is 132 cm³/mol. The van der Waals surface area contributed by atoms with Crippen molar-refractivity contribution in [1.82, 2.24) is 0 Å². The lowest BCUT2D eigenvalue weighted by atomic mass is 10.1. The zero-order valence-corrected chi connectivity index (χ0v) is 19.5. The number of hydrogen-bond acceptors (Lipinski definition) is 7. The monoisotopic (exact) mass is 486 g/mol. The molecule has 1 aromatic heterocycles. The fourth-order valence-electron chi connectivity index (χ4n) is 3.50. The third kappa shape index (κ3) is 5.25. The highest BCUT2D eigenvalue weighted by Crippen LogP contribution is 2.32. The number of fused-ring (bicyclic) bond motifs is 1. The number of furan rings is 1. The number of rotatable bonds is 7. The van der Waals surface area contributed by atoms with Crippen LogP contribution in [0.1, 0.15) is 45.1 Å². The average Bonchev–Trinajstić information content (AvgIpc) is 3.23. The summed E-state index contributed by atoms with van der Waals surface area (Å²) < 4.78 is 15.9. The Morgan fingerprint density at radius 3 is 2.25 bits per heavy atom. The van der Waals surface area contributed by atoms with Crippen LogP contribution in [0, 0.1) is 0 Å². The Kier molecular flexibility index (Phi) is 7.10. The van der Waals surface area contributed by atoms with Crippen molar-refractivity contribution in [2.45, 2.75) is 13.8 Å². The van der Waals surface area contributed by atoms with E-state index >= 15 is 0 Å². The molecule has 182 valence electrons. The topological polar surface area (TPSA) is 124 Å². The first kappa shape index (κ1) is 24.2. The second-order valence-corrected chi connectivity index (χ2v) is 7.60. The smallest absolute Gasteiger partial charge is 0.338 e. The Morgan fingerprint density at radius 1 is 0.833 bits per heavy atom. The minimum atomic E-state index is -0.612. The minimum absolute atomic E-state index is 0.0861. The number of amides is 2. The fraction of sp³-hybridized carbons (Fsp3) is 0.111. The molecule has 0 aliphatic rings. The van der Waals surface area contributed by atoms with E-state index in [0.29, 0.717) is 22.2 Å². The van der Waals surface area contributed by atoms with Crippen molar-refractivity contribution < 1.29 is 33.1 Å². The highest BCUT2D eigenvalue weighted by atomic mass is 16.5. The first-order valence-electron chi connectivity index (χ1n) is 11.1. The van der Waals surface area contributed by atoms with Crippen LogP contribution in [0.4, 0.5) is 11.4 Å². The Labute approximate surface area is 206 Å². The molecule has 0 aliphatic heterocycles. The number of nitrogens with one attached hydrogen (secondary N) is 2. The highest BCUT2D eigenvalue weighted by Gasteiger charge is 2.24. The molecule has 0 saturated heterocycles. The van der Waals surface area contributed by atoms with Crippen molar-refractivity contribution >= 4 is 46.1 Å². The van der Waals surface area contributed by atoms with Gasteiger partial charge in [-0.3, -0.25) is 14.4 Å². The lowest BCUT2D eigenvalue weighted by Gasteiger charge is -2.10. The third-order valence-electron chi connectivity index (χ3n) is 5.08. The molecule has 0 fully saturated rings. The lowest BCUT2D eigenvalue weighted by Crippen LogP contribution is -2.18. The van der Waals surface area contributed by atoms with Gasteiger partial charge in [-0.25, -0.2) is 4.79 Å². The molecule has 0 bridgehead atoms. The summed E-state index contributed by atoms with van der Waals surface area (Å²) in [6, 6.07) is 19.3. The van der Waals surface area contributed by atoms with Gasteiger partial charge in [-0.05, 0) is 55.5 Å². The molecule has 9 nitrogen and oxygen atoms in total. The molecule has 2 amide bonds. The maximum atomic E-state index is 13.1. The second kappa shape index (κ2) is 10.6. The van der Waals surface area contributed by atoms with Crippen LogP contribution in [-0.4, -0.2) is 30.4 Å². The molecule has 36 heavy (non-hydrogen) atoms. The van der Waals surface area contributed by atoms with Crippen LogP contribution in [0.5, 0.6) is 5.75 Å². The van der Waals surface area contributed by atoms with E-state index in [0.717, 1.165) is 0 Å². The average molecular weight is 486 g/mol. The van der Waals surface area contributed by atoms with Gasteiger partial charge in [-0.15, -0.1) is 0 Å². The van der Waals surface area contributed by atoms with Crippen molar-refractivity contribution in [3.05, 3.63) is 89.7 Å². The summed E-state index contributed by atoms with van der Waals surface area (Å²) in [6.45, 7) is 3.20. The summed E-state index contributed by atoms with van der Waals surface area (Å²) in [7, 11) is 0. The Bertz CT molecular complexity index is 1450.